The maximum Gasteiger partial charge on any atom is 0.316 e. The molecule has 10 heteroatoms. The quantitative estimate of drug-likeness (QED) is 0.576. The van der Waals surface area contributed by atoms with Crippen LogP contribution in [0.15, 0.2) is 41.6 Å². The fourth-order valence-electron chi connectivity index (χ4n) is 2.83. The maximum atomic E-state index is 13.0. The number of nitrogens with zero attached hydrogens (tertiary/aromatic N) is 4. The van der Waals surface area contributed by atoms with Gasteiger partial charge in [0.25, 0.3) is 5.69 Å². The van der Waals surface area contributed by atoms with E-state index in [1.807, 2.05) is 0 Å². The number of benzene rings is 1. The minimum atomic E-state index is -3.87. The van der Waals surface area contributed by atoms with Gasteiger partial charge in [0.2, 0.25) is 10.0 Å². The lowest BCUT2D eigenvalue weighted by Gasteiger charge is -2.31. The van der Waals surface area contributed by atoms with Crippen LogP contribution in [0.3, 0.4) is 0 Å². The molecule has 1 aliphatic rings. The number of rotatable bonds is 5. The average Bonchev–Trinajstić information content (AvgIpc) is 2.63. The fourth-order valence-corrected chi connectivity index (χ4v) is 4.59. The topological polar surface area (TPSA) is 116 Å². The maximum absolute atomic E-state index is 13.0. The molecule has 0 aliphatic carbocycles. The Balaban J connectivity index is 1.83. The second-order valence-corrected chi connectivity index (χ2v) is 7.89. The molecule has 1 saturated heterocycles. The van der Waals surface area contributed by atoms with Gasteiger partial charge in [-0.25, -0.2) is 18.4 Å². The number of nitro benzene ring substituents is 1. The molecule has 0 saturated carbocycles. The van der Waals surface area contributed by atoms with Crippen molar-refractivity contribution in [1.29, 1.82) is 0 Å². The van der Waals surface area contributed by atoms with Crippen LogP contribution in [-0.4, -0.2) is 46.8 Å². The highest BCUT2D eigenvalue weighted by Crippen LogP contribution is 2.27. The predicted octanol–water partition coefficient (Wildman–Crippen LogP) is 1.93. The molecule has 9 nitrogen and oxygen atoms in total. The van der Waals surface area contributed by atoms with E-state index < -0.39 is 14.9 Å². The molecule has 1 fully saturated rings. The summed E-state index contributed by atoms with van der Waals surface area (Å²) in [5.74, 6) is 0. The number of sulfonamides is 1. The highest BCUT2D eigenvalue weighted by atomic mass is 32.2. The third kappa shape index (κ3) is 3.81. The fraction of sp³-hybridized carbons (Fsp3) is 0.375. The van der Waals surface area contributed by atoms with Crippen LogP contribution in [-0.2, 0) is 10.0 Å². The second-order valence-electron chi connectivity index (χ2n) is 5.98. The van der Waals surface area contributed by atoms with Crippen LogP contribution in [0, 0.1) is 17.0 Å². The molecular formula is C16H18N4O5S. The third-order valence-electron chi connectivity index (χ3n) is 4.16. The molecule has 3 rings (SSSR count). The number of hydrogen-bond donors (Lipinski definition) is 0. The Hall–Kier alpha value is -2.59. The Bertz CT molecular complexity index is 904. The van der Waals surface area contributed by atoms with E-state index in [0.717, 1.165) is 6.07 Å². The summed E-state index contributed by atoms with van der Waals surface area (Å²) in [5, 5.41) is 11.0. The number of ether oxygens (including phenoxy) is 1. The Morgan fingerprint density at radius 3 is 2.73 bits per heavy atom. The van der Waals surface area contributed by atoms with Gasteiger partial charge < -0.3 is 4.74 Å². The lowest BCUT2D eigenvalue weighted by atomic mass is 10.1. The van der Waals surface area contributed by atoms with Crippen molar-refractivity contribution in [3.05, 3.63) is 52.3 Å². The van der Waals surface area contributed by atoms with E-state index in [1.165, 1.54) is 16.4 Å². The van der Waals surface area contributed by atoms with E-state index in [4.69, 9.17) is 4.74 Å². The minimum Gasteiger partial charge on any atom is -0.459 e. The van der Waals surface area contributed by atoms with Crippen LogP contribution in [0.5, 0.6) is 6.01 Å². The first-order chi connectivity index (χ1) is 12.4. The van der Waals surface area contributed by atoms with E-state index in [0.29, 0.717) is 24.9 Å². The highest BCUT2D eigenvalue weighted by molar-refractivity contribution is 7.89. The Morgan fingerprint density at radius 1 is 1.31 bits per heavy atom. The molecule has 0 radical (unpaired) electrons. The highest BCUT2D eigenvalue weighted by Gasteiger charge is 2.33. The van der Waals surface area contributed by atoms with Crippen LogP contribution < -0.4 is 4.74 Å². The van der Waals surface area contributed by atoms with Gasteiger partial charge in [0, 0.05) is 31.1 Å². The molecule has 1 aromatic carbocycles. The zero-order valence-electron chi connectivity index (χ0n) is 14.1. The molecule has 1 aliphatic heterocycles. The summed E-state index contributed by atoms with van der Waals surface area (Å²) in [6.07, 6.45) is 4.01. The molecule has 1 aromatic heterocycles. The lowest BCUT2D eigenvalue weighted by Crippen LogP contribution is -2.44. The Labute approximate surface area is 150 Å². The molecule has 0 amide bonds. The van der Waals surface area contributed by atoms with Gasteiger partial charge in [-0.2, -0.15) is 4.31 Å². The molecule has 0 spiro atoms. The van der Waals surface area contributed by atoms with Crippen molar-refractivity contribution >= 4 is 15.7 Å². The average molecular weight is 378 g/mol. The van der Waals surface area contributed by atoms with Crippen LogP contribution in [0.25, 0.3) is 0 Å². The van der Waals surface area contributed by atoms with Gasteiger partial charge in [0.1, 0.15) is 6.10 Å². The Kier molecular flexibility index (Phi) is 5.14. The minimum absolute atomic E-state index is 0.0525. The van der Waals surface area contributed by atoms with Gasteiger partial charge in [-0.05, 0) is 31.4 Å². The molecule has 138 valence electrons. The molecule has 26 heavy (non-hydrogen) atoms. The summed E-state index contributed by atoms with van der Waals surface area (Å²) in [5.41, 5.74) is 0.210. The van der Waals surface area contributed by atoms with Gasteiger partial charge in [0.05, 0.1) is 16.4 Å². The first kappa shape index (κ1) is 18.2. The number of non-ortho nitro benzene ring substituents is 1. The van der Waals surface area contributed by atoms with Crippen molar-refractivity contribution in [3.8, 4) is 6.01 Å². The first-order valence-electron chi connectivity index (χ1n) is 8.07. The van der Waals surface area contributed by atoms with Crippen molar-refractivity contribution < 1.29 is 18.1 Å². The number of aryl methyl sites for hydroxylation is 1. The SMILES string of the molecule is Cc1ccc([N+](=O)[O-])cc1S(=O)(=O)N1CCCC(Oc2ncccn2)C1. The van der Waals surface area contributed by atoms with Crippen LogP contribution >= 0.6 is 0 Å². The zero-order valence-corrected chi connectivity index (χ0v) is 14.9. The molecule has 2 heterocycles. The van der Waals surface area contributed by atoms with Crippen LogP contribution in [0.1, 0.15) is 18.4 Å². The van der Waals surface area contributed by atoms with Gasteiger partial charge >= 0.3 is 6.01 Å². The van der Waals surface area contributed by atoms with Crippen molar-refractivity contribution in [2.75, 3.05) is 13.1 Å². The normalized spacial score (nSPS) is 18.4. The molecule has 1 atom stereocenters. The van der Waals surface area contributed by atoms with Gasteiger partial charge in [-0.3, -0.25) is 10.1 Å². The Morgan fingerprint density at radius 2 is 2.04 bits per heavy atom. The monoisotopic (exact) mass is 378 g/mol. The largest absolute Gasteiger partial charge is 0.459 e. The standard InChI is InChI=1S/C16H18N4O5S/c1-12-5-6-13(20(21)22)10-15(12)26(23,24)19-9-2-4-14(11-19)25-16-17-7-3-8-18-16/h3,5-8,10,14H,2,4,9,11H2,1H3. The van der Waals surface area contributed by atoms with Crippen molar-refractivity contribution in [3.63, 3.8) is 0 Å². The number of hydrogen-bond acceptors (Lipinski definition) is 7. The van der Waals surface area contributed by atoms with Crippen LogP contribution in [0.4, 0.5) is 5.69 Å². The van der Waals surface area contributed by atoms with E-state index in [2.05, 4.69) is 9.97 Å². The number of nitro groups is 1. The van der Waals surface area contributed by atoms with Crippen molar-refractivity contribution in [1.82, 2.24) is 14.3 Å². The predicted molar refractivity (Wildman–Crippen MR) is 92.3 cm³/mol. The molecule has 2 aromatic rings. The van der Waals surface area contributed by atoms with Crippen LogP contribution in [0.2, 0.25) is 0 Å². The summed E-state index contributed by atoms with van der Waals surface area (Å²) in [7, 11) is -3.87. The summed E-state index contributed by atoms with van der Waals surface area (Å²) in [6, 6.07) is 5.71. The van der Waals surface area contributed by atoms with E-state index in [-0.39, 0.29) is 29.2 Å². The lowest BCUT2D eigenvalue weighted by molar-refractivity contribution is -0.385. The smallest absolute Gasteiger partial charge is 0.316 e. The zero-order chi connectivity index (χ0) is 18.7. The summed E-state index contributed by atoms with van der Waals surface area (Å²) in [4.78, 5) is 18.3. The van der Waals surface area contributed by atoms with E-state index in [1.54, 1.807) is 25.4 Å². The molecule has 0 N–H and O–H groups in total. The van der Waals surface area contributed by atoms with Crippen molar-refractivity contribution in [2.24, 2.45) is 0 Å². The summed E-state index contributed by atoms with van der Waals surface area (Å²) < 4.78 is 33.0. The number of aromatic nitrogens is 2. The third-order valence-corrected chi connectivity index (χ3v) is 6.16. The second kappa shape index (κ2) is 7.34. The number of piperidine rings is 1. The van der Waals surface area contributed by atoms with E-state index >= 15 is 0 Å². The molecule has 0 bridgehead atoms. The molecule has 1 unspecified atom stereocenters. The molecular weight excluding hydrogens is 360 g/mol. The van der Waals surface area contributed by atoms with E-state index in [9.17, 15) is 18.5 Å². The van der Waals surface area contributed by atoms with Gasteiger partial charge in [0.15, 0.2) is 0 Å². The first-order valence-corrected chi connectivity index (χ1v) is 9.51. The summed E-state index contributed by atoms with van der Waals surface area (Å²) in [6.45, 7) is 2.09. The van der Waals surface area contributed by atoms with Crippen molar-refractivity contribution in [2.45, 2.75) is 30.8 Å². The van der Waals surface area contributed by atoms with Gasteiger partial charge in [-0.1, -0.05) is 6.07 Å². The summed E-state index contributed by atoms with van der Waals surface area (Å²) >= 11 is 0. The van der Waals surface area contributed by atoms with Gasteiger partial charge in [-0.15, -0.1) is 0 Å².